The lowest BCUT2D eigenvalue weighted by molar-refractivity contribution is -0.137. The number of hydrogen-bond acceptors (Lipinski definition) is 2. The van der Waals surface area contributed by atoms with Crippen molar-refractivity contribution < 1.29 is 13.2 Å². The van der Waals surface area contributed by atoms with Crippen molar-refractivity contribution in [2.45, 2.75) is 12.6 Å². The molecule has 3 nitrogen and oxygen atoms in total. The van der Waals surface area contributed by atoms with Gasteiger partial charge >= 0.3 is 6.18 Å². The van der Waals surface area contributed by atoms with Gasteiger partial charge in [-0.2, -0.15) is 18.3 Å². The third-order valence-corrected chi connectivity index (χ3v) is 4.40. The Balaban J connectivity index is 1.86. The molecule has 0 atom stereocenters. The number of fused-ring (bicyclic) bond motifs is 1. The number of nitrogens with zero attached hydrogens (tertiary/aromatic N) is 2. The number of aromatic nitrogens is 2. The smallest absolute Gasteiger partial charge is 0.369 e. The molecule has 3 aromatic rings. The van der Waals surface area contributed by atoms with Gasteiger partial charge in [-0.05, 0) is 36.8 Å². The fraction of sp³-hybridized carbons (Fsp3) is 0.167. The summed E-state index contributed by atoms with van der Waals surface area (Å²) in [5, 5.41) is 8.39. The first-order chi connectivity index (χ1) is 11.9. The Labute approximate surface area is 147 Å². The molecular formula is C18H13ClF3N3. The van der Waals surface area contributed by atoms with Gasteiger partial charge in [0.2, 0.25) is 0 Å². The Kier molecular flexibility index (Phi) is 3.72. The van der Waals surface area contributed by atoms with E-state index in [9.17, 15) is 13.2 Å². The number of halogens is 4. The molecule has 25 heavy (non-hydrogen) atoms. The summed E-state index contributed by atoms with van der Waals surface area (Å²) in [5.74, 6) is 0.801. The summed E-state index contributed by atoms with van der Waals surface area (Å²) >= 11 is 6.05. The summed E-state index contributed by atoms with van der Waals surface area (Å²) < 4.78 is 40.8. The van der Waals surface area contributed by atoms with Crippen LogP contribution in [0.2, 0.25) is 5.02 Å². The highest BCUT2D eigenvalue weighted by molar-refractivity contribution is 6.30. The van der Waals surface area contributed by atoms with E-state index in [1.807, 2.05) is 12.1 Å². The first-order valence-electron chi connectivity index (χ1n) is 7.73. The first-order valence-corrected chi connectivity index (χ1v) is 8.10. The summed E-state index contributed by atoms with van der Waals surface area (Å²) in [4.78, 5) is 0. The van der Waals surface area contributed by atoms with Gasteiger partial charge in [-0.25, -0.2) is 4.68 Å². The van der Waals surface area contributed by atoms with Crippen LogP contribution in [0.5, 0.6) is 0 Å². The minimum absolute atomic E-state index is 0.454. The average molecular weight is 364 g/mol. The van der Waals surface area contributed by atoms with Gasteiger partial charge < -0.3 is 5.32 Å². The second-order valence-corrected chi connectivity index (χ2v) is 6.26. The van der Waals surface area contributed by atoms with Gasteiger partial charge in [0.05, 0.1) is 16.9 Å². The van der Waals surface area contributed by atoms with E-state index in [2.05, 4.69) is 10.4 Å². The van der Waals surface area contributed by atoms with Crippen molar-refractivity contribution in [2.24, 2.45) is 0 Å². The van der Waals surface area contributed by atoms with Crippen LogP contribution < -0.4 is 5.32 Å². The molecule has 7 heteroatoms. The third-order valence-electron chi connectivity index (χ3n) is 4.17. The largest absolute Gasteiger partial charge is 0.416 e. The number of alkyl halides is 3. The van der Waals surface area contributed by atoms with Crippen LogP contribution in [0.4, 0.5) is 19.0 Å². The van der Waals surface area contributed by atoms with E-state index in [4.69, 9.17) is 11.6 Å². The van der Waals surface area contributed by atoms with Crippen LogP contribution >= 0.6 is 11.6 Å². The van der Waals surface area contributed by atoms with Crippen molar-refractivity contribution in [1.29, 1.82) is 0 Å². The van der Waals surface area contributed by atoms with E-state index < -0.39 is 11.7 Å². The predicted octanol–water partition coefficient (Wildman–Crippen LogP) is 5.18. The Morgan fingerprint density at radius 1 is 1.08 bits per heavy atom. The molecule has 1 N–H and O–H groups in total. The second kappa shape index (κ2) is 5.81. The Morgan fingerprint density at radius 3 is 2.64 bits per heavy atom. The molecule has 1 aliphatic heterocycles. The van der Waals surface area contributed by atoms with Crippen molar-refractivity contribution in [3.05, 3.63) is 64.7 Å². The van der Waals surface area contributed by atoms with E-state index in [0.717, 1.165) is 35.7 Å². The zero-order chi connectivity index (χ0) is 17.6. The summed E-state index contributed by atoms with van der Waals surface area (Å²) in [7, 11) is 0. The van der Waals surface area contributed by atoms with E-state index in [1.165, 1.54) is 6.07 Å². The Bertz CT molecular complexity index is 947. The van der Waals surface area contributed by atoms with Crippen LogP contribution in [0, 0.1) is 0 Å². The highest BCUT2D eigenvalue weighted by atomic mass is 35.5. The van der Waals surface area contributed by atoms with Gasteiger partial charge in [-0.15, -0.1) is 0 Å². The zero-order valence-electron chi connectivity index (χ0n) is 12.9. The number of anilines is 1. The van der Waals surface area contributed by atoms with Crippen LogP contribution in [0.1, 0.15) is 11.1 Å². The maximum atomic E-state index is 13.0. The highest BCUT2D eigenvalue weighted by Gasteiger charge is 2.31. The van der Waals surface area contributed by atoms with Crippen molar-refractivity contribution in [3.63, 3.8) is 0 Å². The molecule has 1 aromatic heterocycles. The fourth-order valence-corrected chi connectivity index (χ4v) is 3.23. The second-order valence-electron chi connectivity index (χ2n) is 5.82. The SMILES string of the molecule is FC(F)(F)c1cccc(-c2nn(-c3cccc(Cl)c3)c3c2CCN3)c1. The quantitative estimate of drug-likeness (QED) is 0.680. The summed E-state index contributed by atoms with van der Waals surface area (Å²) in [6.45, 7) is 0.722. The molecule has 0 bridgehead atoms. The molecule has 2 aromatic carbocycles. The van der Waals surface area contributed by atoms with Crippen LogP contribution in [0.3, 0.4) is 0 Å². The lowest BCUT2D eigenvalue weighted by Crippen LogP contribution is -2.05. The lowest BCUT2D eigenvalue weighted by Gasteiger charge is -2.08. The zero-order valence-corrected chi connectivity index (χ0v) is 13.7. The van der Waals surface area contributed by atoms with Gasteiger partial charge in [0.1, 0.15) is 5.82 Å². The van der Waals surface area contributed by atoms with Gasteiger partial charge in [0.25, 0.3) is 0 Å². The molecule has 0 saturated heterocycles. The van der Waals surface area contributed by atoms with E-state index in [0.29, 0.717) is 22.7 Å². The van der Waals surface area contributed by atoms with Crippen molar-refractivity contribution >= 4 is 17.4 Å². The third kappa shape index (κ3) is 2.87. The molecule has 0 amide bonds. The molecule has 0 unspecified atom stereocenters. The molecule has 0 radical (unpaired) electrons. The van der Waals surface area contributed by atoms with Gasteiger partial charge in [0, 0.05) is 22.7 Å². The molecule has 0 spiro atoms. The van der Waals surface area contributed by atoms with Crippen LogP contribution in [-0.2, 0) is 12.6 Å². The standard InChI is InChI=1S/C18H13ClF3N3/c19-13-5-2-6-14(10-13)25-17-15(7-8-23-17)16(24-25)11-3-1-4-12(9-11)18(20,21)22/h1-6,9-10,23H,7-8H2. The topological polar surface area (TPSA) is 29.9 Å². The van der Waals surface area contributed by atoms with Gasteiger partial charge in [-0.3, -0.25) is 0 Å². The van der Waals surface area contributed by atoms with Crippen molar-refractivity contribution in [2.75, 3.05) is 11.9 Å². The first kappa shape index (κ1) is 16.0. The van der Waals surface area contributed by atoms with E-state index in [-0.39, 0.29) is 0 Å². The Morgan fingerprint density at radius 2 is 1.88 bits per heavy atom. The molecule has 0 aliphatic carbocycles. The average Bonchev–Trinajstić information content (AvgIpc) is 3.16. The maximum absolute atomic E-state index is 13.0. The molecule has 0 fully saturated rings. The van der Waals surface area contributed by atoms with Crippen molar-refractivity contribution in [3.8, 4) is 16.9 Å². The Hall–Kier alpha value is -2.47. The molecule has 4 rings (SSSR count). The number of benzene rings is 2. The molecule has 0 saturated carbocycles. The lowest BCUT2D eigenvalue weighted by atomic mass is 10.0. The molecule has 1 aliphatic rings. The van der Waals surface area contributed by atoms with Crippen LogP contribution in [0.25, 0.3) is 16.9 Å². The monoisotopic (exact) mass is 363 g/mol. The molecule has 2 heterocycles. The number of rotatable bonds is 2. The normalized spacial score (nSPS) is 13.6. The molecular weight excluding hydrogens is 351 g/mol. The van der Waals surface area contributed by atoms with Gasteiger partial charge in [-0.1, -0.05) is 29.8 Å². The summed E-state index contributed by atoms with van der Waals surface area (Å²) in [5.41, 5.74) is 2.01. The van der Waals surface area contributed by atoms with Crippen LogP contribution in [0.15, 0.2) is 48.5 Å². The predicted molar refractivity (Wildman–Crippen MR) is 91.2 cm³/mol. The van der Waals surface area contributed by atoms with Crippen molar-refractivity contribution in [1.82, 2.24) is 9.78 Å². The minimum atomic E-state index is -4.38. The minimum Gasteiger partial charge on any atom is -0.369 e. The number of hydrogen-bond donors (Lipinski definition) is 1. The summed E-state index contributed by atoms with van der Waals surface area (Å²) in [6, 6.07) is 12.5. The maximum Gasteiger partial charge on any atom is 0.416 e. The summed E-state index contributed by atoms with van der Waals surface area (Å²) in [6.07, 6.45) is -3.67. The molecule has 128 valence electrons. The number of nitrogens with one attached hydrogen (secondary N) is 1. The van der Waals surface area contributed by atoms with E-state index in [1.54, 1.807) is 22.9 Å². The highest BCUT2D eigenvalue weighted by Crippen LogP contribution is 2.37. The fourth-order valence-electron chi connectivity index (χ4n) is 3.04. The van der Waals surface area contributed by atoms with E-state index >= 15 is 0 Å². The van der Waals surface area contributed by atoms with Crippen LogP contribution in [-0.4, -0.2) is 16.3 Å². The van der Waals surface area contributed by atoms with Gasteiger partial charge in [0.15, 0.2) is 0 Å².